The van der Waals surface area contributed by atoms with E-state index in [0.29, 0.717) is 0 Å². The largest absolute Gasteiger partial charge is 0.396 e. The standard InChI is InChI=1S/C19H23N3O/c1-3-13-9-21-19-17(13)8-16(10-22-19)14-4-6-15(7-5-14)18(20)12(2)11-23/h4-10,12,18,23H,3,11,20H2,1-2H3,(H,21,22). The van der Waals surface area contributed by atoms with Crippen LogP contribution in [0.4, 0.5) is 0 Å². The van der Waals surface area contributed by atoms with E-state index in [0.717, 1.165) is 28.8 Å². The Balaban J connectivity index is 1.92. The van der Waals surface area contributed by atoms with Gasteiger partial charge in [-0.3, -0.25) is 0 Å². The molecule has 1 aromatic carbocycles. The van der Waals surface area contributed by atoms with Crippen molar-refractivity contribution in [2.24, 2.45) is 11.7 Å². The molecule has 0 aliphatic carbocycles. The summed E-state index contributed by atoms with van der Waals surface area (Å²) in [6, 6.07) is 10.2. The van der Waals surface area contributed by atoms with Crippen molar-refractivity contribution in [1.29, 1.82) is 0 Å². The molecule has 0 amide bonds. The van der Waals surface area contributed by atoms with E-state index in [2.05, 4.69) is 35.1 Å². The summed E-state index contributed by atoms with van der Waals surface area (Å²) < 4.78 is 0. The van der Waals surface area contributed by atoms with Gasteiger partial charge in [0.15, 0.2) is 0 Å². The van der Waals surface area contributed by atoms with Gasteiger partial charge >= 0.3 is 0 Å². The lowest BCUT2D eigenvalue weighted by Crippen LogP contribution is -2.21. The van der Waals surface area contributed by atoms with Crippen LogP contribution in [0.5, 0.6) is 0 Å². The van der Waals surface area contributed by atoms with Crippen LogP contribution in [0.2, 0.25) is 0 Å². The molecule has 2 heterocycles. The van der Waals surface area contributed by atoms with Crippen molar-refractivity contribution < 1.29 is 5.11 Å². The highest BCUT2D eigenvalue weighted by Gasteiger charge is 2.14. The average Bonchev–Trinajstić information content (AvgIpc) is 3.02. The number of nitrogens with two attached hydrogens (primary N) is 1. The van der Waals surface area contributed by atoms with Crippen LogP contribution in [-0.4, -0.2) is 21.7 Å². The predicted molar refractivity (Wildman–Crippen MR) is 94.1 cm³/mol. The first-order valence-electron chi connectivity index (χ1n) is 8.06. The summed E-state index contributed by atoms with van der Waals surface area (Å²) in [4.78, 5) is 7.72. The SMILES string of the molecule is CCc1c[nH]c2ncc(-c3ccc(C(N)C(C)CO)cc3)cc12. The lowest BCUT2D eigenvalue weighted by atomic mass is 9.94. The third-order valence-electron chi connectivity index (χ3n) is 4.53. The molecule has 0 fully saturated rings. The molecule has 0 aliphatic heterocycles. The number of H-pyrrole nitrogens is 1. The van der Waals surface area contributed by atoms with E-state index in [-0.39, 0.29) is 18.6 Å². The van der Waals surface area contributed by atoms with Gasteiger partial charge in [-0.1, -0.05) is 38.1 Å². The number of rotatable bonds is 5. The van der Waals surface area contributed by atoms with E-state index < -0.39 is 0 Å². The molecule has 0 spiro atoms. The molecule has 0 radical (unpaired) electrons. The van der Waals surface area contributed by atoms with E-state index >= 15 is 0 Å². The highest BCUT2D eigenvalue weighted by molar-refractivity contribution is 5.84. The molecule has 0 bridgehead atoms. The normalized spacial score (nSPS) is 14.1. The lowest BCUT2D eigenvalue weighted by Gasteiger charge is -2.18. The molecule has 0 aliphatic rings. The number of hydrogen-bond donors (Lipinski definition) is 3. The van der Waals surface area contributed by atoms with Gasteiger partial charge < -0.3 is 15.8 Å². The van der Waals surface area contributed by atoms with E-state index in [1.165, 1.54) is 10.9 Å². The van der Waals surface area contributed by atoms with Gasteiger partial charge in [-0.2, -0.15) is 0 Å². The van der Waals surface area contributed by atoms with Crippen molar-refractivity contribution in [3.63, 3.8) is 0 Å². The van der Waals surface area contributed by atoms with Crippen molar-refractivity contribution in [1.82, 2.24) is 9.97 Å². The minimum atomic E-state index is -0.147. The first-order chi connectivity index (χ1) is 11.1. The second-order valence-corrected chi connectivity index (χ2v) is 6.10. The summed E-state index contributed by atoms with van der Waals surface area (Å²) in [6.07, 6.45) is 4.90. The maximum absolute atomic E-state index is 9.24. The predicted octanol–water partition coefficient (Wildman–Crippen LogP) is 3.42. The number of pyridine rings is 1. The zero-order valence-corrected chi connectivity index (χ0v) is 13.6. The fourth-order valence-corrected chi connectivity index (χ4v) is 2.85. The van der Waals surface area contributed by atoms with Gasteiger partial charge in [0.1, 0.15) is 5.65 Å². The summed E-state index contributed by atoms with van der Waals surface area (Å²) >= 11 is 0. The number of nitrogens with zero attached hydrogens (tertiary/aromatic N) is 1. The van der Waals surface area contributed by atoms with Crippen molar-refractivity contribution >= 4 is 11.0 Å². The Hall–Kier alpha value is -2.17. The van der Waals surface area contributed by atoms with E-state index in [1.54, 1.807) is 0 Å². The molecule has 0 saturated carbocycles. The number of benzene rings is 1. The zero-order chi connectivity index (χ0) is 16.4. The highest BCUT2D eigenvalue weighted by atomic mass is 16.3. The molecule has 4 nitrogen and oxygen atoms in total. The topological polar surface area (TPSA) is 74.9 Å². The summed E-state index contributed by atoms with van der Waals surface area (Å²) in [5, 5.41) is 10.4. The Morgan fingerprint density at radius 2 is 1.96 bits per heavy atom. The van der Waals surface area contributed by atoms with E-state index in [1.807, 2.05) is 31.5 Å². The highest BCUT2D eigenvalue weighted by Crippen LogP contribution is 2.27. The number of aromatic nitrogens is 2. The molecule has 3 aromatic rings. The fraction of sp³-hybridized carbons (Fsp3) is 0.316. The van der Waals surface area contributed by atoms with Crippen LogP contribution in [-0.2, 0) is 6.42 Å². The van der Waals surface area contributed by atoms with Crippen molar-refractivity contribution in [2.45, 2.75) is 26.3 Å². The van der Waals surface area contributed by atoms with Crippen LogP contribution in [0.25, 0.3) is 22.2 Å². The number of aryl methyl sites for hydroxylation is 1. The molecular formula is C19H23N3O. The molecule has 4 heteroatoms. The molecule has 4 N–H and O–H groups in total. The molecule has 2 unspecified atom stereocenters. The smallest absolute Gasteiger partial charge is 0.137 e. The third kappa shape index (κ3) is 3.00. The van der Waals surface area contributed by atoms with Gasteiger partial charge in [-0.05, 0) is 35.1 Å². The summed E-state index contributed by atoms with van der Waals surface area (Å²) in [6.45, 7) is 4.19. The van der Waals surface area contributed by atoms with Crippen LogP contribution in [0.15, 0.2) is 42.7 Å². The van der Waals surface area contributed by atoms with Gasteiger partial charge in [0, 0.05) is 36.0 Å². The number of aliphatic hydroxyl groups excluding tert-OH is 1. The van der Waals surface area contributed by atoms with Crippen molar-refractivity contribution in [2.75, 3.05) is 6.61 Å². The van der Waals surface area contributed by atoms with Crippen molar-refractivity contribution in [3.05, 3.63) is 53.9 Å². The van der Waals surface area contributed by atoms with Gasteiger partial charge in [0.05, 0.1) is 0 Å². The zero-order valence-electron chi connectivity index (χ0n) is 13.6. The Labute approximate surface area is 136 Å². The molecule has 23 heavy (non-hydrogen) atoms. The first kappa shape index (κ1) is 15.7. The van der Waals surface area contributed by atoms with Gasteiger partial charge in [-0.15, -0.1) is 0 Å². The number of aliphatic hydroxyl groups is 1. The second kappa shape index (κ2) is 6.52. The summed E-state index contributed by atoms with van der Waals surface area (Å²) in [5.41, 5.74) is 11.6. The molecule has 2 aromatic heterocycles. The first-order valence-corrected chi connectivity index (χ1v) is 8.06. The maximum Gasteiger partial charge on any atom is 0.137 e. The second-order valence-electron chi connectivity index (χ2n) is 6.10. The van der Waals surface area contributed by atoms with Crippen molar-refractivity contribution in [3.8, 4) is 11.1 Å². The Bertz CT molecular complexity index is 792. The van der Waals surface area contributed by atoms with Crippen LogP contribution >= 0.6 is 0 Å². The van der Waals surface area contributed by atoms with Gasteiger partial charge in [0.25, 0.3) is 0 Å². The van der Waals surface area contributed by atoms with Crippen LogP contribution < -0.4 is 5.73 Å². The van der Waals surface area contributed by atoms with E-state index in [4.69, 9.17) is 5.73 Å². The van der Waals surface area contributed by atoms with Crippen LogP contribution in [0.3, 0.4) is 0 Å². The molecular weight excluding hydrogens is 286 g/mol. The Morgan fingerprint density at radius 3 is 2.61 bits per heavy atom. The molecule has 2 atom stereocenters. The number of hydrogen-bond acceptors (Lipinski definition) is 3. The number of nitrogens with one attached hydrogen (secondary N) is 1. The van der Waals surface area contributed by atoms with Gasteiger partial charge in [-0.25, -0.2) is 4.98 Å². The number of aromatic amines is 1. The minimum Gasteiger partial charge on any atom is -0.396 e. The Morgan fingerprint density at radius 1 is 1.22 bits per heavy atom. The number of fused-ring (bicyclic) bond motifs is 1. The lowest BCUT2D eigenvalue weighted by molar-refractivity contribution is 0.217. The van der Waals surface area contributed by atoms with Crippen LogP contribution in [0.1, 0.15) is 31.0 Å². The molecule has 120 valence electrons. The minimum absolute atomic E-state index is 0.0471. The molecule has 0 saturated heterocycles. The van der Waals surface area contributed by atoms with Crippen LogP contribution in [0, 0.1) is 5.92 Å². The Kier molecular flexibility index (Phi) is 4.46. The van der Waals surface area contributed by atoms with Gasteiger partial charge in [0.2, 0.25) is 0 Å². The van der Waals surface area contributed by atoms with E-state index in [9.17, 15) is 5.11 Å². The quantitative estimate of drug-likeness (QED) is 0.676. The summed E-state index contributed by atoms with van der Waals surface area (Å²) in [7, 11) is 0. The summed E-state index contributed by atoms with van der Waals surface area (Å²) in [5.74, 6) is 0.0471. The average molecular weight is 309 g/mol. The fourth-order valence-electron chi connectivity index (χ4n) is 2.85. The monoisotopic (exact) mass is 309 g/mol. The molecule has 3 rings (SSSR count). The third-order valence-corrected chi connectivity index (χ3v) is 4.53. The maximum atomic E-state index is 9.24.